The molecule has 3 heteroatoms. The van der Waals surface area contributed by atoms with Crippen molar-refractivity contribution in [3.63, 3.8) is 0 Å². The average molecular weight is 242 g/mol. The number of rotatable bonds is 7. The van der Waals surface area contributed by atoms with Gasteiger partial charge in [-0.25, -0.2) is 0 Å². The third-order valence-corrected chi connectivity index (χ3v) is 3.61. The fraction of sp³-hybridized carbons (Fsp3) is 1.00. The quantitative estimate of drug-likeness (QED) is 0.739. The summed E-state index contributed by atoms with van der Waals surface area (Å²) < 4.78 is 5.24. The van der Waals surface area contributed by atoms with Gasteiger partial charge in [0.15, 0.2) is 0 Å². The van der Waals surface area contributed by atoms with Gasteiger partial charge in [-0.2, -0.15) is 0 Å². The molecule has 17 heavy (non-hydrogen) atoms. The maximum atomic E-state index is 5.24. The molecule has 0 spiro atoms. The summed E-state index contributed by atoms with van der Waals surface area (Å²) in [6.45, 7) is 13.7. The summed E-state index contributed by atoms with van der Waals surface area (Å²) in [6.07, 6.45) is 2.59. The third-order valence-electron chi connectivity index (χ3n) is 3.61. The van der Waals surface area contributed by atoms with Gasteiger partial charge in [-0.1, -0.05) is 20.8 Å². The maximum absolute atomic E-state index is 5.24. The number of piperidine rings is 1. The number of nitrogens with zero attached hydrogens (tertiary/aromatic N) is 1. The van der Waals surface area contributed by atoms with Crippen molar-refractivity contribution in [1.82, 2.24) is 10.2 Å². The molecule has 0 aromatic rings. The molecule has 1 heterocycles. The average Bonchev–Trinajstić information content (AvgIpc) is 2.29. The molecule has 102 valence electrons. The Bertz CT molecular complexity index is 198. The molecule has 1 saturated heterocycles. The molecule has 3 nitrogen and oxygen atoms in total. The van der Waals surface area contributed by atoms with Crippen molar-refractivity contribution in [2.75, 3.05) is 46.4 Å². The summed E-state index contributed by atoms with van der Waals surface area (Å²) in [7, 11) is 1.81. The van der Waals surface area contributed by atoms with E-state index >= 15 is 0 Å². The SMILES string of the molecule is CCNCC(C)(C)CN1CCC(COC)CC1. The van der Waals surface area contributed by atoms with Gasteiger partial charge in [0.2, 0.25) is 0 Å². The van der Waals surface area contributed by atoms with Crippen molar-refractivity contribution in [1.29, 1.82) is 0 Å². The van der Waals surface area contributed by atoms with E-state index in [0.717, 1.165) is 25.6 Å². The van der Waals surface area contributed by atoms with Gasteiger partial charge in [-0.3, -0.25) is 0 Å². The summed E-state index contributed by atoms with van der Waals surface area (Å²) in [5, 5.41) is 3.46. The van der Waals surface area contributed by atoms with E-state index in [-0.39, 0.29) is 0 Å². The van der Waals surface area contributed by atoms with Crippen LogP contribution in [0, 0.1) is 11.3 Å². The lowest BCUT2D eigenvalue weighted by Gasteiger charge is -2.37. The van der Waals surface area contributed by atoms with Crippen molar-refractivity contribution < 1.29 is 4.74 Å². The molecular weight excluding hydrogens is 212 g/mol. The predicted molar refractivity (Wildman–Crippen MR) is 73.4 cm³/mol. The first-order valence-corrected chi connectivity index (χ1v) is 6.99. The van der Waals surface area contributed by atoms with Crippen molar-refractivity contribution in [2.24, 2.45) is 11.3 Å². The van der Waals surface area contributed by atoms with Crippen LogP contribution in [0.5, 0.6) is 0 Å². The Morgan fingerprint density at radius 1 is 1.29 bits per heavy atom. The first kappa shape index (κ1) is 14.9. The van der Waals surface area contributed by atoms with Gasteiger partial charge < -0.3 is 15.0 Å². The highest BCUT2D eigenvalue weighted by Gasteiger charge is 2.25. The zero-order chi connectivity index (χ0) is 12.7. The Morgan fingerprint density at radius 2 is 1.94 bits per heavy atom. The lowest BCUT2D eigenvalue weighted by atomic mass is 9.90. The first-order chi connectivity index (χ1) is 8.07. The molecule has 0 aliphatic carbocycles. The van der Waals surface area contributed by atoms with E-state index in [1.54, 1.807) is 0 Å². The van der Waals surface area contributed by atoms with Crippen LogP contribution in [-0.4, -0.2) is 51.3 Å². The Labute approximate surface area is 107 Å². The van der Waals surface area contributed by atoms with Gasteiger partial charge in [0, 0.05) is 26.8 Å². The predicted octanol–water partition coefficient (Wildman–Crippen LogP) is 1.98. The summed E-state index contributed by atoms with van der Waals surface area (Å²) in [5.74, 6) is 0.785. The van der Waals surface area contributed by atoms with E-state index in [4.69, 9.17) is 4.74 Å². The fourth-order valence-electron chi connectivity index (χ4n) is 2.67. The summed E-state index contributed by atoms with van der Waals surface area (Å²) in [5.41, 5.74) is 0.379. The van der Waals surface area contributed by atoms with Crippen LogP contribution in [0.1, 0.15) is 33.6 Å². The van der Waals surface area contributed by atoms with Gasteiger partial charge in [0.05, 0.1) is 0 Å². The molecule has 0 amide bonds. The Morgan fingerprint density at radius 3 is 2.47 bits per heavy atom. The van der Waals surface area contributed by atoms with Gasteiger partial charge in [0.25, 0.3) is 0 Å². The number of methoxy groups -OCH3 is 1. The molecule has 1 aliphatic heterocycles. The molecule has 1 aliphatic rings. The number of nitrogens with one attached hydrogen (secondary N) is 1. The Hall–Kier alpha value is -0.120. The molecule has 0 unspecified atom stereocenters. The Balaban J connectivity index is 2.24. The van der Waals surface area contributed by atoms with Crippen LogP contribution < -0.4 is 5.32 Å². The molecule has 0 saturated carbocycles. The molecule has 0 radical (unpaired) electrons. The second-order valence-electron chi connectivity index (χ2n) is 6.12. The number of hydrogen-bond donors (Lipinski definition) is 1. The highest BCUT2D eigenvalue weighted by atomic mass is 16.5. The molecule has 0 aromatic carbocycles. The molecular formula is C14H30N2O. The van der Waals surface area contributed by atoms with E-state index in [2.05, 4.69) is 31.0 Å². The van der Waals surface area contributed by atoms with E-state index in [0.29, 0.717) is 5.41 Å². The highest BCUT2D eigenvalue weighted by molar-refractivity contribution is 4.79. The molecule has 1 rings (SSSR count). The van der Waals surface area contributed by atoms with E-state index in [1.165, 1.54) is 32.5 Å². The minimum absolute atomic E-state index is 0.379. The normalized spacial score (nSPS) is 19.8. The zero-order valence-corrected chi connectivity index (χ0v) is 12.1. The minimum Gasteiger partial charge on any atom is -0.384 e. The molecule has 0 bridgehead atoms. The molecule has 0 atom stereocenters. The number of hydrogen-bond acceptors (Lipinski definition) is 3. The van der Waals surface area contributed by atoms with Crippen LogP contribution in [0.2, 0.25) is 0 Å². The molecule has 1 N–H and O–H groups in total. The van der Waals surface area contributed by atoms with Crippen molar-refractivity contribution >= 4 is 0 Å². The van der Waals surface area contributed by atoms with E-state index < -0.39 is 0 Å². The lowest BCUT2D eigenvalue weighted by molar-refractivity contribution is 0.0810. The van der Waals surface area contributed by atoms with Gasteiger partial charge in [-0.15, -0.1) is 0 Å². The summed E-state index contributed by atoms with van der Waals surface area (Å²) in [6, 6.07) is 0. The van der Waals surface area contributed by atoms with E-state index in [1.807, 2.05) is 7.11 Å². The maximum Gasteiger partial charge on any atom is 0.0491 e. The third kappa shape index (κ3) is 5.84. The fourth-order valence-corrected chi connectivity index (χ4v) is 2.67. The van der Waals surface area contributed by atoms with Crippen molar-refractivity contribution in [2.45, 2.75) is 33.6 Å². The lowest BCUT2D eigenvalue weighted by Crippen LogP contribution is -2.44. The van der Waals surface area contributed by atoms with Gasteiger partial charge in [-0.05, 0) is 43.8 Å². The number of ether oxygens (including phenoxy) is 1. The van der Waals surface area contributed by atoms with Crippen molar-refractivity contribution in [3.8, 4) is 0 Å². The van der Waals surface area contributed by atoms with E-state index in [9.17, 15) is 0 Å². The monoisotopic (exact) mass is 242 g/mol. The van der Waals surface area contributed by atoms with Crippen LogP contribution in [0.25, 0.3) is 0 Å². The van der Waals surface area contributed by atoms with Crippen molar-refractivity contribution in [3.05, 3.63) is 0 Å². The van der Waals surface area contributed by atoms with Crippen LogP contribution in [-0.2, 0) is 4.74 Å². The highest BCUT2D eigenvalue weighted by Crippen LogP contribution is 2.22. The van der Waals surface area contributed by atoms with Gasteiger partial charge >= 0.3 is 0 Å². The second-order valence-corrected chi connectivity index (χ2v) is 6.12. The minimum atomic E-state index is 0.379. The molecule has 0 aromatic heterocycles. The topological polar surface area (TPSA) is 24.5 Å². The first-order valence-electron chi connectivity index (χ1n) is 6.99. The van der Waals surface area contributed by atoms with Crippen LogP contribution in [0.3, 0.4) is 0 Å². The van der Waals surface area contributed by atoms with Crippen LogP contribution >= 0.6 is 0 Å². The van der Waals surface area contributed by atoms with Crippen LogP contribution in [0.15, 0.2) is 0 Å². The summed E-state index contributed by atoms with van der Waals surface area (Å²) in [4.78, 5) is 2.61. The van der Waals surface area contributed by atoms with Gasteiger partial charge in [0.1, 0.15) is 0 Å². The standard InChI is InChI=1S/C14H30N2O/c1-5-15-11-14(2,3)12-16-8-6-13(7-9-16)10-17-4/h13,15H,5-12H2,1-4H3. The Kier molecular flexibility index (Phi) is 6.45. The zero-order valence-electron chi connectivity index (χ0n) is 12.1. The molecule has 1 fully saturated rings. The number of likely N-dealkylation sites (tertiary alicyclic amines) is 1. The summed E-state index contributed by atoms with van der Waals surface area (Å²) >= 11 is 0. The second kappa shape index (κ2) is 7.34. The largest absolute Gasteiger partial charge is 0.384 e. The smallest absolute Gasteiger partial charge is 0.0491 e. The van der Waals surface area contributed by atoms with Crippen LogP contribution in [0.4, 0.5) is 0 Å².